The number of morpholine rings is 1. The van der Waals surface area contributed by atoms with E-state index in [0.717, 1.165) is 36.8 Å². The van der Waals surface area contributed by atoms with Gasteiger partial charge in [0.2, 0.25) is 5.95 Å². The molecule has 5 heteroatoms. The Hall–Kier alpha value is -1.20. The van der Waals surface area contributed by atoms with Crippen LogP contribution in [0.2, 0.25) is 0 Å². The molecule has 2 atom stereocenters. The zero-order chi connectivity index (χ0) is 14.7. The van der Waals surface area contributed by atoms with Crippen molar-refractivity contribution in [2.75, 3.05) is 18.0 Å². The van der Waals surface area contributed by atoms with E-state index in [1.807, 2.05) is 6.20 Å². The molecule has 1 fully saturated rings. The molecular weight excluding hydrogens is 252 g/mol. The highest BCUT2D eigenvalue weighted by Gasteiger charge is 2.24. The molecule has 1 saturated heterocycles. The average Bonchev–Trinajstić information content (AvgIpc) is 2.35. The second-order valence-electron chi connectivity index (χ2n) is 5.98. The lowest BCUT2D eigenvalue weighted by Crippen LogP contribution is -2.46. The topological polar surface area (TPSA) is 50.3 Å². The lowest BCUT2D eigenvalue weighted by Gasteiger charge is -2.35. The summed E-state index contributed by atoms with van der Waals surface area (Å²) in [7, 11) is 0. The first-order valence-electron chi connectivity index (χ1n) is 7.42. The van der Waals surface area contributed by atoms with Gasteiger partial charge in [-0.2, -0.15) is 0 Å². The predicted octanol–water partition coefficient (Wildman–Crippen LogP) is 1.90. The van der Waals surface area contributed by atoms with E-state index in [9.17, 15) is 0 Å². The van der Waals surface area contributed by atoms with E-state index < -0.39 is 0 Å². The molecule has 20 heavy (non-hydrogen) atoms. The first-order chi connectivity index (χ1) is 9.45. The van der Waals surface area contributed by atoms with E-state index in [1.165, 1.54) is 0 Å². The average molecular weight is 278 g/mol. The molecule has 2 rings (SSSR count). The summed E-state index contributed by atoms with van der Waals surface area (Å²) in [5, 5.41) is 3.40. The molecule has 0 saturated carbocycles. The summed E-state index contributed by atoms with van der Waals surface area (Å²) >= 11 is 0. The van der Waals surface area contributed by atoms with Gasteiger partial charge < -0.3 is 15.0 Å². The fraction of sp³-hybridized carbons (Fsp3) is 0.733. The molecule has 0 bridgehead atoms. The van der Waals surface area contributed by atoms with Gasteiger partial charge >= 0.3 is 0 Å². The highest BCUT2D eigenvalue weighted by Crippen LogP contribution is 2.17. The first-order valence-corrected chi connectivity index (χ1v) is 7.42. The van der Waals surface area contributed by atoms with Gasteiger partial charge in [0.15, 0.2) is 0 Å². The molecule has 1 aromatic heterocycles. The van der Waals surface area contributed by atoms with Crippen LogP contribution >= 0.6 is 0 Å². The molecule has 112 valence electrons. The van der Waals surface area contributed by atoms with Gasteiger partial charge in [0.25, 0.3) is 0 Å². The quantitative estimate of drug-likeness (QED) is 0.911. The minimum absolute atomic E-state index is 0.227. The molecule has 1 aliphatic rings. The van der Waals surface area contributed by atoms with Crippen LogP contribution in [0.15, 0.2) is 6.20 Å². The summed E-state index contributed by atoms with van der Waals surface area (Å²) in [6, 6.07) is 0.468. The van der Waals surface area contributed by atoms with Crippen molar-refractivity contribution in [2.24, 2.45) is 0 Å². The molecule has 2 unspecified atom stereocenters. The monoisotopic (exact) mass is 278 g/mol. The van der Waals surface area contributed by atoms with Gasteiger partial charge in [-0.3, -0.25) is 0 Å². The van der Waals surface area contributed by atoms with Crippen molar-refractivity contribution in [1.82, 2.24) is 15.3 Å². The zero-order valence-electron chi connectivity index (χ0n) is 13.2. The van der Waals surface area contributed by atoms with Crippen LogP contribution in [0.25, 0.3) is 0 Å². The van der Waals surface area contributed by atoms with Crippen molar-refractivity contribution in [3.63, 3.8) is 0 Å². The second-order valence-corrected chi connectivity index (χ2v) is 5.98. The molecule has 0 aromatic carbocycles. The van der Waals surface area contributed by atoms with Crippen molar-refractivity contribution in [3.05, 3.63) is 17.5 Å². The van der Waals surface area contributed by atoms with Crippen LogP contribution in [0.3, 0.4) is 0 Å². The van der Waals surface area contributed by atoms with Gasteiger partial charge in [0, 0.05) is 43.1 Å². The summed E-state index contributed by atoms with van der Waals surface area (Å²) in [5.41, 5.74) is 2.21. The van der Waals surface area contributed by atoms with E-state index in [4.69, 9.17) is 4.74 Å². The van der Waals surface area contributed by atoms with Gasteiger partial charge in [-0.05, 0) is 20.8 Å². The second kappa shape index (κ2) is 6.50. The maximum Gasteiger partial charge on any atom is 0.225 e. The molecule has 1 aliphatic heterocycles. The standard InChI is InChI=1S/C15H26N4O/c1-10(2)16-6-14-7-17-15(18-13(14)5)19-8-11(3)20-12(4)9-19/h7,10-12,16H,6,8-9H2,1-5H3. The maximum absolute atomic E-state index is 5.75. The van der Waals surface area contributed by atoms with Gasteiger partial charge in [-0.15, -0.1) is 0 Å². The predicted molar refractivity (Wildman–Crippen MR) is 81.0 cm³/mol. The van der Waals surface area contributed by atoms with Crippen LogP contribution in [-0.4, -0.2) is 41.3 Å². The number of hydrogen-bond acceptors (Lipinski definition) is 5. The Kier molecular flexibility index (Phi) is 4.94. The Bertz CT molecular complexity index is 439. The number of hydrogen-bond donors (Lipinski definition) is 1. The van der Waals surface area contributed by atoms with Crippen LogP contribution in [0.1, 0.15) is 39.0 Å². The largest absolute Gasteiger partial charge is 0.372 e. The smallest absolute Gasteiger partial charge is 0.225 e. The molecule has 2 heterocycles. The lowest BCUT2D eigenvalue weighted by molar-refractivity contribution is -0.00573. The van der Waals surface area contributed by atoms with Gasteiger partial charge in [0.1, 0.15) is 0 Å². The van der Waals surface area contributed by atoms with Gasteiger partial charge in [0.05, 0.1) is 12.2 Å². The fourth-order valence-corrected chi connectivity index (χ4v) is 2.46. The van der Waals surface area contributed by atoms with Gasteiger partial charge in [-0.1, -0.05) is 13.8 Å². The number of ether oxygens (including phenoxy) is 1. The van der Waals surface area contributed by atoms with E-state index in [0.29, 0.717) is 6.04 Å². The Morgan fingerprint density at radius 3 is 2.55 bits per heavy atom. The number of anilines is 1. The SMILES string of the molecule is Cc1nc(N2CC(C)OC(C)C2)ncc1CNC(C)C. The fourth-order valence-electron chi connectivity index (χ4n) is 2.46. The minimum atomic E-state index is 0.227. The van der Waals surface area contributed by atoms with Crippen molar-refractivity contribution in [3.8, 4) is 0 Å². The third-order valence-electron chi connectivity index (χ3n) is 3.47. The minimum Gasteiger partial charge on any atom is -0.372 e. The number of nitrogens with one attached hydrogen (secondary N) is 1. The Morgan fingerprint density at radius 2 is 2.00 bits per heavy atom. The third-order valence-corrected chi connectivity index (χ3v) is 3.47. The van der Waals surface area contributed by atoms with Gasteiger partial charge in [-0.25, -0.2) is 9.97 Å². The summed E-state index contributed by atoms with van der Waals surface area (Å²) in [6.45, 7) is 13.0. The van der Waals surface area contributed by atoms with E-state index in [2.05, 4.69) is 54.8 Å². The van der Waals surface area contributed by atoms with E-state index in [-0.39, 0.29) is 12.2 Å². The van der Waals surface area contributed by atoms with Crippen molar-refractivity contribution in [1.29, 1.82) is 0 Å². The zero-order valence-corrected chi connectivity index (χ0v) is 13.2. The van der Waals surface area contributed by atoms with Crippen molar-refractivity contribution < 1.29 is 4.74 Å². The highest BCUT2D eigenvalue weighted by molar-refractivity contribution is 5.34. The number of nitrogens with zero attached hydrogens (tertiary/aromatic N) is 3. The third kappa shape index (κ3) is 3.90. The van der Waals surface area contributed by atoms with E-state index in [1.54, 1.807) is 0 Å². The Labute approximate surface area is 121 Å². The Morgan fingerprint density at radius 1 is 1.35 bits per heavy atom. The molecule has 0 spiro atoms. The van der Waals surface area contributed by atoms with Crippen molar-refractivity contribution >= 4 is 5.95 Å². The molecule has 5 nitrogen and oxygen atoms in total. The molecule has 1 aromatic rings. The summed E-state index contributed by atoms with van der Waals surface area (Å²) < 4.78 is 5.75. The van der Waals surface area contributed by atoms with Crippen LogP contribution in [-0.2, 0) is 11.3 Å². The van der Waals surface area contributed by atoms with Crippen LogP contribution in [0.4, 0.5) is 5.95 Å². The molecule has 0 aliphatic carbocycles. The Balaban J connectivity index is 2.08. The summed E-state index contributed by atoms with van der Waals surface area (Å²) in [4.78, 5) is 11.4. The highest BCUT2D eigenvalue weighted by atomic mass is 16.5. The summed E-state index contributed by atoms with van der Waals surface area (Å²) in [5.74, 6) is 0.817. The number of aromatic nitrogens is 2. The number of rotatable bonds is 4. The number of aryl methyl sites for hydroxylation is 1. The van der Waals surface area contributed by atoms with Crippen molar-refractivity contribution in [2.45, 2.75) is 59.4 Å². The van der Waals surface area contributed by atoms with E-state index >= 15 is 0 Å². The molecular formula is C15H26N4O. The van der Waals surface area contributed by atoms with Crippen LogP contribution < -0.4 is 10.2 Å². The van der Waals surface area contributed by atoms with Crippen LogP contribution in [0, 0.1) is 6.92 Å². The lowest BCUT2D eigenvalue weighted by atomic mass is 10.2. The summed E-state index contributed by atoms with van der Waals surface area (Å²) in [6.07, 6.45) is 2.40. The maximum atomic E-state index is 5.75. The first kappa shape index (κ1) is 15.2. The molecule has 0 radical (unpaired) electrons. The normalized spacial score (nSPS) is 23.4. The van der Waals surface area contributed by atoms with Crippen LogP contribution in [0.5, 0.6) is 0 Å². The molecule has 1 N–H and O–H groups in total. The molecule has 0 amide bonds.